The standard InChI is InChI=1S/C8H10O.2C7H8O/c1-6-3-4-8(9)7(2)5-6;1-6-2-4-7(8)5-3-6;1-6-3-2-4-7(8)5-6/h3-5,9H,1-2H3;2*2-5,8H,1H3. The maximum absolute atomic E-state index is 9.04. The molecular formula is C22H26O3. The summed E-state index contributed by atoms with van der Waals surface area (Å²) >= 11 is 0. The zero-order chi connectivity index (χ0) is 18.8. The number of hydrogen-bond donors (Lipinski definition) is 3. The van der Waals surface area contributed by atoms with E-state index in [4.69, 9.17) is 15.3 Å². The second kappa shape index (κ2) is 10.0. The Morgan fingerprint density at radius 1 is 0.520 bits per heavy atom. The van der Waals surface area contributed by atoms with Crippen molar-refractivity contribution >= 4 is 0 Å². The molecule has 3 aromatic rings. The van der Waals surface area contributed by atoms with Gasteiger partial charge in [0, 0.05) is 0 Å². The number of aromatic hydroxyl groups is 3. The van der Waals surface area contributed by atoms with E-state index >= 15 is 0 Å². The number of phenolic OH excluding ortho intramolecular Hbond substituents is 3. The van der Waals surface area contributed by atoms with Crippen molar-refractivity contribution in [3.63, 3.8) is 0 Å². The Bertz CT molecular complexity index is 739. The summed E-state index contributed by atoms with van der Waals surface area (Å²) in [6.45, 7) is 7.83. The van der Waals surface area contributed by atoms with E-state index < -0.39 is 0 Å². The second-order valence-corrected chi connectivity index (χ2v) is 5.96. The summed E-state index contributed by atoms with van der Waals surface area (Å²) in [5.74, 6) is 1.04. The normalized spacial score (nSPS) is 9.28. The highest BCUT2D eigenvalue weighted by Crippen LogP contribution is 2.15. The molecule has 3 aromatic carbocycles. The molecule has 3 N–H and O–H groups in total. The van der Waals surface area contributed by atoms with Crippen molar-refractivity contribution in [1.82, 2.24) is 0 Å². The average molecular weight is 338 g/mol. The van der Waals surface area contributed by atoms with Crippen LogP contribution < -0.4 is 0 Å². The molecule has 0 unspecified atom stereocenters. The molecule has 0 fully saturated rings. The van der Waals surface area contributed by atoms with E-state index in [-0.39, 0.29) is 0 Å². The van der Waals surface area contributed by atoms with E-state index in [2.05, 4.69) is 0 Å². The summed E-state index contributed by atoms with van der Waals surface area (Å²) in [4.78, 5) is 0. The van der Waals surface area contributed by atoms with Crippen molar-refractivity contribution in [2.45, 2.75) is 27.7 Å². The van der Waals surface area contributed by atoms with Gasteiger partial charge in [0.1, 0.15) is 17.2 Å². The van der Waals surface area contributed by atoms with Gasteiger partial charge in [-0.25, -0.2) is 0 Å². The Hall–Kier alpha value is -2.94. The molecular weight excluding hydrogens is 312 g/mol. The van der Waals surface area contributed by atoms with Gasteiger partial charge in [0.2, 0.25) is 0 Å². The molecule has 3 heteroatoms. The minimum atomic E-state index is 0.329. The van der Waals surface area contributed by atoms with Gasteiger partial charge in [0.05, 0.1) is 0 Å². The highest BCUT2D eigenvalue weighted by Gasteiger charge is 1.91. The van der Waals surface area contributed by atoms with Gasteiger partial charge in [-0.2, -0.15) is 0 Å². The molecule has 0 saturated heterocycles. The third kappa shape index (κ3) is 8.47. The lowest BCUT2D eigenvalue weighted by Gasteiger charge is -1.97. The van der Waals surface area contributed by atoms with Crippen LogP contribution in [0.15, 0.2) is 66.7 Å². The molecule has 3 nitrogen and oxygen atoms in total. The first-order valence-corrected chi connectivity index (χ1v) is 8.05. The molecule has 25 heavy (non-hydrogen) atoms. The van der Waals surface area contributed by atoms with Crippen LogP contribution in [-0.2, 0) is 0 Å². The third-order valence-electron chi connectivity index (χ3n) is 3.39. The van der Waals surface area contributed by atoms with Crippen molar-refractivity contribution in [2.24, 2.45) is 0 Å². The first kappa shape index (κ1) is 20.1. The fourth-order valence-electron chi connectivity index (χ4n) is 1.98. The largest absolute Gasteiger partial charge is 0.508 e. The van der Waals surface area contributed by atoms with Gasteiger partial charge in [-0.3, -0.25) is 0 Å². The van der Waals surface area contributed by atoms with Crippen molar-refractivity contribution in [1.29, 1.82) is 0 Å². The van der Waals surface area contributed by atoms with E-state index in [9.17, 15) is 0 Å². The number of phenols is 3. The van der Waals surface area contributed by atoms with Crippen LogP contribution >= 0.6 is 0 Å². The molecule has 0 spiro atoms. The predicted octanol–water partition coefficient (Wildman–Crippen LogP) is 5.41. The lowest BCUT2D eigenvalue weighted by molar-refractivity contribution is 0.471. The van der Waals surface area contributed by atoms with E-state index in [1.54, 1.807) is 30.3 Å². The van der Waals surface area contributed by atoms with Crippen LogP contribution in [-0.4, -0.2) is 15.3 Å². The van der Waals surface area contributed by atoms with E-state index in [0.29, 0.717) is 17.2 Å². The lowest BCUT2D eigenvalue weighted by atomic mass is 10.1. The Balaban J connectivity index is 0.000000188. The highest BCUT2D eigenvalue weighted by atomic mass is 16.3. The number of aryl methyl sites for hydroxylation is 4. The predicted molar refractivity (Wildman–Crippen MR) is 103 cm³/mol. The van der Waals surface area contributed by atoms with E-state index in [1.165, 1.54) is 11.1 Å². The molecule has 0 atom stereocenters. The van der Waals surface area contributed by atoms with Crippen molar-refractivity contribution < 1.29 is 15.3 Å². The van der Waals surface area contributed by atoms with Crippen LogP contribution in [0.3, 0.4) is 0 Å². The summed E-state index contributed by atoms with van der Waals surface area (Å²) in [7, 11) is 0. The summed E-state index contributed by atoms with van der Waals surface area (Å²) in [6.07, 6.45) is 0. The minimum Gasteiger partial charge on any atom is -0.508 e. The average Bonchev–Trinajstić information content (AvgIpc) is 2.55. The van der Waals surface area contributed by atoms with Crippen molar-refractivity contribution in [3.05, 3.63) is 89.0 Å². The van der Waals surface area contributed by atoms with Gasteiger partial charge in [-0.05, 0) is 69.2 Å². The van der Waals surface area contributed by atoms with Crippen LogP contribution in [0.25, 0.3) is 0 Å². The topological polar surface area (TPSA) is 60.7 Å². The smallest absolute Gasteiger partial charge is 0.118 e. The Morgan fingerprint density at radius 2 is 1.08 bits per heavy atom. The van der Waals surface area contributed by atoms with Gasteiger partial charge >= 0.3 is 0 Å². The Morgan fingerprint density at radius 3 is 1.48 bits per heavy atom. The number of rotatable bonds is 0. The summed E-state index contributed by atoms with van der Waals surface area (Å²) < 4.78 is 0. The number of benzene rings is 3. The fraction of sp³-hybridized carbons (Fsp3) is 0.182. The maximum atomic E-state index is 9.04. The molecule has 0 aromatic heterocycles. The van der Waals surface area contributed by atoms with Gasteiger partial charge in [0.25, 0.3) is 0 Å². The molecule has 132 valence electrons. The summed E-state index contributed by atoms with van der Waals surface area (Å²) in [5.41, 5.74) is 4.38. The first-order valence-electron chi connectivity index (χ1n) is 8.05. The van der Waals surface area contributed by atoms with E-state index in [1.807, 2.05) is 64.1 Å². The zero-order valence-corrected chi connectivity index (χ0v) is 15.2. The molecule has 0 heterocycles. The molecule has 0 aliphatic carbocycles. The molecule has 0 radical (unpaired) electrons. The first-order chi connectivity index (χ1) is 11.8. The SMILES string of the molecule is Cc1ccc(O)c(C)c1.Cc1ccc(O)cc1.Cc1cccc(O)c1. The molecule has 0 bridgehead atoms. The van der Waals surface area contributed by atoms with Gasteiger partial charge in [0.15, 0.2) is 0 Å². The minimum absolute atomic E-state index is 0.329. The van der Waals surface area contributed by atoms with Crippen molar-refractivity contribution in [2.75, 3.05) is 0 Å². The molecule has 0 aliphatic rings. The van der Waals surface area contributed by atoms with Crippen molar-refractivity contribution in [3.8, 4) is 17.2 Å². The van der Waals surface area contributed by atoms with Crippen LogP contribution in [0, 0.1) is 27.7 Å². The number of hydrogen-bond acceptors (Lipinski definition) is 3. The lowest BCUT2D eigenvalue weighted by Crippen LogP contribution is -1.75. The monoisotopic (exact) mass is 338 g/mol. The molecule has 0 saturated carbocycles. The molecule has 0 aliphatic heterocycles. The highest BCUT2D eigenvalue weighted by molar-refractivity contribution is 5.34. The Kier molecular flexibility index (Phi) is 8.07. The quantitative estimate of drug-likeness (QED) is 0.513. The van der Waals surface area contributed by atoms with Crippen LogP contribution in [0.1, 0.15) is 22.3 Å². The molecule has 3 rings (SSSR count). The summed E-state index contributed by atoms with van der Waals surface area (Å²) in [6, 6.07) is 19.8. The maximum Gasteiger partial charge on any atom is 0.118 e. The molecule has 0 amide bonds. The zero-order valence-electron chi connectivity index (χ0n) is 15.2. The van der Waals surface area contributed by atoms with Gasteiger partial charge < -0.3 is 15.3 Å². The Labute approximate surface area is 149 Å². The van der Waals surface area contributed by atoms with Crippen LogP contribution in [0.5, 0.6) is 17.2 Å². The van der Waals surface area contributed by atoms with Gasteiger partial charge in [-0.15, -0.1) is 0 Å². The van der Waals surface area contributed by atoms with Crippen LogP contribution in [0.2, 0.25) is 0 Å². The second-order valence-electron chi connectivity index (χ2n) is 5.96. The third-order valence-corrected chi connectivity index (χ3v) is 3.39. The fourth-order valence-corrected chi connectivity index (χ4v) is 1.98. The van der Waals surface area contributed by atoms with Crippen LogP contribution in [0.4, 0.5) is 0 Å². The summed E-state index contributed by atoms with van der Waals surface area (Å²) in [5, 5.41) is 26.6. The van der Waals surface area contributed by atoms with E-state index in [0.717, 1.165) is 11.1 Å². The van der Waals surface area contributed by atoms with Gasteiger partial charge in [-0.1, -0.05) is 47.5 Å².